The van der Waals surface area contributed by atoms with Crippen molar-refractivity contribution < 1.29 is 14.2 Å². The minimum Gasteiger partial charge on any atom is -0.461 e. The highest BCUT2D eigenvalue weighted by molar-refractivity contribution is 5.36. The normalized spacial score (nSPS) is 10.9. The number of pyridine rings is 1. The molecule has 0 amide bonds. The lowest BCUT2D eigenvalue weighted by molar-refractivity contribution is 0.0547. The first-order chi connectivity index (χ1) is 13.7. The van der Waals surface area contributed by atoms with Crippen molar-refractivity contribution >= 4 is 11.9 Å². The lowest BCUT2D eigenvalue weighted by Gasteiger charge is -2.12. The second kappa shape index (κ2) is 12.8. The molecule has 154 valence electrons. The smallest absolute Gasteiger partial charge is 0.323 e. The third kappa shape index (κ3) is 8.89. The first-order valence-electron chi connectivity index (χ1n) is 9.32. The van der Waals surface area contributed by atoms with Gasteiger partial charge in [-0.1, -0.05) is 0 Å². The molecule has 0 aromatic carbocycles. The molecule has 0 fully saturated rings. The maximum absolute atomic E-state index is 5.62. The van der Waals surface area contributed by atoms with Gasteiger partial charge in [-0.25, -0.2) is 0 Å². The van der Waals surface area contributed by atoms with Crippen molar-refractivity contribution in [2.45, 2.75) is 26.5 Å². The van der Waals surface area contributed by atoms with Crippen LogP contribution in [0.2, 0.25) is 0 Å². The van der Waals surface area contributed by atoms with E-state index in [1.54, 1.807) is 12.4 Å². The summed E-state index contributed by atoms with van der Waals surface area (Å²) in [6, 6.07) is 4.11. The number of nitrogens with one attached hydrogen (secondary N) is 2. The highest BCUT2D eigenvalue weighted by Crippen LogP contribution is 2.13. The van der Waals surface area contributed by atoms with Crippen molar-refractivity contribution in [3.63, 3.8) is 0 Å². The number of nitrogens with zero attached hydrogens (tertiary/aromatic N) is 4. The highest BCUT2D eigenvalue weighted by atomic mass is 16.5. The average molecular weight is 391 g/mol. The van der Waals surface area contributed by atoms with Crippen molar-refractivity contribution in [3.8, 4) is 6.01 Å². The molecule has 0 atom stereocenters. The number of hydrogen-bond donors (Lipinski definition) is 3. The van der Waals surface area contributed by atoms with E-state index in [2.05, 4.69) is 30.6 Å². The molecule has 2 heterocycles. The van der Waals surface area contributed by atoms with E-state index in [0.717, 1.165) is 5.56 Å². The van der Waals surface area contributed by atoms with E-state index >= 15 is 0 Å². The van der Waals surface area contributed by atoms with Gasteiger partial charge in [0.05, 0.1) is 32.5 Å². The lowest BCUT2D eigenvalue weighted by Crippen LogP contribution is -2.17. The van der Waals surface area contributed by atoms with Crippen LogP contribution >= 0.6 is 0 Å². The van der Waals surface area contributed by atoms with Gasteiger partial charge in [0.2, 0.25) is 11.9 Å². The Hall–Kier alpha value is -2.56. The Labute approximate surface area is 165 Å². The van der Waals surface area contributed by atoms with Crippen LogP contribution in [0.3, 0.4) is 0 Å². The van der Waals surface area contributed by atoms with Crippen LogP contribution in [0.1, 0.15) is 19.4 Å². The summed E-state index contributed by atoms with van der Waals surface area (Å²) in [4.78, 5) is 17.0. The summed E-state index contributed by atoms with van der Waals surface area (Å²) < 4.78 is 16.3. The summed E-state index contributed by atoms with van der Waals surface area (Å²) in [5.74, 6) is 0.854. The molecule has 10 nitrogen and oxygen atoms in total. The molecule has 10 heteroatoms. The molecule has 0 saturated heterocycles. The molecule has 0 aliphatic rings. The number of anilines is 2. The molecule has 0 unspecified atom stereocenters. The topological polar surface area (TPSA) is 129 Å². The van der Waals surface area contributed by atoms with Crippen LogP contribution in [0.15, 0.2) is 24.5 Å². The molecule has 28 heavy (non-hydrogen) atoms. The van der Waals surface area contributed by atoms with Crippen molar-refractivity contribution in [1.29, 1.82) is 0 Å². The lowest BCUT2D eigenvalue weighted by atomic mass is 10.3. The fraction of sp³-hybridized carbons (Fsp3) is 0.556. The van der Waals surface area contributed by atoms with E-state index in [9.17, 15) is 0 Å². The van der Waals surface area contributed by atoms with E-state index in [0.29, 0.717) is 58.0 Å². The zero-order valence-electron chi connectivity index (χ0n) is 16.4. The fourth-order valence-electron chi connectivity index (χ4n) is 2.10. The van der Waals surface area contributed by atoms with Gasteiger partial charge in [0.1, 0.15) is 0 Å². The number of aromatic nitrogens is 4. The summed E-state index contributed by atoms with van der Waals surface area (Å²) in [6.07, 6.45) is 3.44. The summed E-state index contributed by atoms with van der Waals surface area (Å²) in [5, 5.41) is 6.30. The van der Waals surface area contributed by atoms with Crippen molar-refractivity contribution in [2.24, 2.45) is 5.73 Å². The van der Waals surface area contributed by atoms with Crippen molar-refractivity contribution in [1.82, 2.24) is 19.9 Å². The summed E-state index contributed by atoms with van der Waals surface area (Å²) in [5.41, 5.74) is 6.42. The molecular weight excluding hydrogens is 362 g/mol. The summed E-state index contributed by atoms with van der Waals surface area (Å²) in [6.45, 7) is 7.54. The predicted molar refractivity (Wildman–Crippen MR) is 106 cm³/mol. The van der Waals surface area contributed by atoms with Crippen LogP contribution < -0.4 is 21.1 Å². The van der Waals surface area contributed by atoms with Crippen molar-refractivity contribution in [3.05, 3.63) is 30.1 Å². The van der Waals surface area contributed by atoms with Gasteiger partial charge in [0, 0.05) is 32.0 Å². The first-order valence-corrected chi connectivity index (χ1v) is 9.32. The number of ether oxygens (including phenoxy) is 3. The Morgan fingerprint density at radius 1 is 0.929 bits per heavy atom. The molecular formula is C18H29N7O3. The Morgan fingerprint density at radius 2 is 1.61 bits per heavy atom. The van der Waals surface area contributed by atoms with Gasteiger partial charge < -0.3 is 30.6 Å². The first kappa shape index (κ1) is 21.7. The molecule has 0 saturated carbocycles. The van der Waals surface area contributed by atoms with E-state index in [4.69, 9.17) is 19.9 Å². The summed E-state index contributed by atoms with van der Waals surface area (Å²) in [7, 11) is 0. The second-order valence-corrected chi connectivity index (χ2v) is 6.08. The zero-order valence-corrected chi connectivity index (χ0v) is 16.4. The van der Waals surface area contributed by atoms with Crippen LogP contribution in [-0.2, 0) is 16.0 Å². The van der Waals surface area contributed by atoms with Gasteiger partial charge >= 0.3 is 6.01 Å². The van der Waals surface area contributed by atoms with Gasteiger partial charge in [0.15, 0.2) is 0 Å². The minimum atomic E-state index is -0.0415. The minimum absolute atomic E-state index is 0.0415. The molecule has 2 aromatic rings. The Balaban J connectivity index is 1.85. The van der Waals surface area contributed by atoms with Gasteiger partial charge in [0.25, 0.3) is 0 Å². The van der Waals surface area contributed by atoms with Crippen LogP contribution in [0.4, 0.5) is 11.9 Å². The zero-order chi connectivity index (χ0) is 20.0. The predicted octanol–water partition coefficient (Wildman–Crippen LogP) is 1.07. The molecule has 2 aromatic heterocycles. The molecule has 0 aliphatic carbocycles. The Bertz CT molecular complexity index is 673. The third-order valence-corrected chi connectivity index (χ3v) is 3.32. The molecule has 0 radical (unpaired) electrons. The molecule has 4 N–H and O–H groups in total. The van der Waals surface area contributed by atoms with Crippen LogP contribution in [0, 0.1) is 0 Å². The molecule has 0 bridgehead atoms. The average Bonchev–Trinajstić information content (AvgIpc) is 2.69. The molecule has 0 spiro atoms. The largest absolute Gasteiger partial charge is 0.461 e. The monoisotopic (exact) mass is 391 g/mol. The van der Waals surface area contributed by atoms with Crippen molar-refractivity contribution in [2.75, 3.05) is 50.2 Å². The van der Waals surface area contributed by atoms with E-state index < -0.39 is 0 Å². The summed E-state index contributed by atoms with van der Waals surface area (Å²) >= 11 is 0. The Morgan fingerprint density at radius 3 is 2.29 bits per heavy atom. The number of nitrogens with two attached hydrogens (primary N) is 1. The van der Waals surface area contributed by atoms with Crippen LogP contribution in [0.25, 0.3) is 0 Å². The van der Waals surface area contributed by atoms with E-state index in [1.807, 2.05) is 26.0 Å². The number of hydrogen-bond acceptors (Lipinski definition) is 10. The third-order valence-electron chi connectivity index (χ3n) is 3.32. The standard InChI is InChI=1S/C18H29N7O3/c1-14(2)28-18-24-16(21-8-10-27-12-11-26-9-5-19)23-17(25-18)22-13-15-3-6-20-7-4-15/h3-4,6-7,14H,5,8-13,19H2,1-2H3,(H2,21,22,23,24,25). The quantitative estimate of drug-likeness (QED) is 0.402. The highest BCUT2D eigenvalue weighted by Gasteiger charge is 2.09. The molecule has 2 rings (SSSR count). The molecule has 0 aliphatic heterocycles. The SMILES string of the molecule is CC(C)Oc1nc(NCCOCCOCCN)nc(NCc2ccncc2)n1. The van der Waals surface area contributed by atoms with Gasteiger partial charge in [-0.3, -0.25) is 4.98 Å². The van der Waals surface area contributed by atoms with E-state index in [-0.39, 0.29) is 12.1 Å². The fourth-order valence-corrected chi connectivity index (χ4v) is 2.10. The van der Waals surface area contributed by atoms with Gasteiger partial charge in [-0.2, -0.15) is 15.0 Å². The van der Waals surface area contributed by atoms with Gasteiger partial charge in [-0.05, 0) is 31.5 Å². The van der Waals surface area contributed by atoms with Crippen LogP contribution in [0.5, 0.6) is 6.01 Å². The maximum atomic E-state index is 5.62. The Kier molecular flexibility index (Phi) is 9.91. The second-order valence-electron chi connectivity index (χ2n) is 6.08. The maximum Gasteiger partial charge on any atom is 0.323 e. The van der Waals surface area contributed by atoms with E-state index in [1.165, 1.54) is 0 Å². The van der Waals surface area contributed by atoms with Crippen LogP contribution in [-0.4, -0.2) is 65.6 Å². The number of rotatable bonds is 14. The van der Waals surface area contributed by atoms with Gasteiger partial charge in [-0.15, -0.1) is 0 Å².